The van der Waals surface area contributed by atoms with E-state index in [1.54, 1.807) is 0 Å². The average molecular weight is 558 g/mol. The molecule has 1 fully saturated rings. The number of hydrogen-bond donors (Lipinski definition) is 2. The summed E-state index contributed by atoms with van der Waals surface area (Å²) >= 11 is 1.82. The van der Waals surface area contributed by atoms with Gasteiger partial charge in [0.15, 0.2) is 5.96 Å². The summed E-state index contributed by atoms with van der Waals surface area (Å²) in [7, 11) is 3.99. The zero-order chi connectivity index (χ0) is 21.0. The second-order valence-electron chi connectivity index (χ2n) is 7.52. The van der Waals surface area contributed by atoms with E-state index < -0.39 is 0 Å². The molecule has 172 valence electrons. The number of rotatable bonds is 10. The molecule has 31 heavy (non-hydrogen) atoms. The van der Waals surface area contributed by atoms with E-state index in [1.165, 1.54) is 10.6 Å². The average Bonchev–Trinajstić information content (AvgIpc) is 3.33. The maximum atomic E-state index is 5.54. The summed E-state index contributed by atoms with van der Waals surface area (Å²) in [6.07, 6.45) is 2.25. The van der Waals surface area contributed by atoms with Gasteiger partial charge in [-0.2, -0.15) is 0 Å². The topological polar surface area (TPSA) is 52.1 Å². The van der Waals surface area contributed by atoms with Gasteiger partial charge < -0.3 is 20.3 Å². The standard InChI is InChI=1S/C23H35N5OS.HI/c1-24-23(25-12-6-7-13-27(2)20-9-4-3-5-10-20)26-19-21(22-11-8-18-30-22)28-14-16-29-17-15-28;/h3-5,8-11,18,21H,6-7,12-17,19H2,1-2H3,(H2,24,25,26);1H. The van der Waals surface area contributed by atoms with Gasteiger partial charge in [0, 0.05) is 57.4 Å². The van der Waals surface area contributed by atoms with Crippen molar-refractivity contribution in [2.45, 2.75) is 18.9 Å². The number of thiophene rings is 1. The maximum Gasteiger partial charge on any atom is 0.191 e. The van der Waals surface area contributed by atoms with Crippen molar-refractivity contribution in [2.75, 3.05) is 64.9 Å². The molecule has 1 atom stereocenters. The fourth-order valence-electron chi connectivity index (χ4n) is 3.69. The minimum absolute atomic E-state index is 0. The monoisotopic (exact) mass is 557 g/mol. The van der Waals surface area contributed by atoms with E-state index in [4.69, 9.17) is 4.74 Å². The number of morpholine rings is 1. The lowest BCUT2D eigenvalue weighted by atomic mass is 10.2. The molecular formula is C23H36IN5OS. The van der Waals surface area contributed by atoms with Gasteiger partial charge in [-0.3, -0.25) is 9.89 Å². The Kier molecular flexibility index (Phi) is 12.2. The van der Waals surface area contributed by atoms with Crippen molar-refractivity contribution in [3.8, 4) is 0 Å². The van der Waals surface area contributed by atoms with E-state index in [9.17, 15) is 0 Å². The number of hydrogen-bond acceptors (Lipinski definition) is 5. The van der Waals surface area contributed by atoms with Crippen LogP contribution in [0.3, 0.4) is 0 Å². The van der Waals surface area contributed by atoms with E-state index in [1.807, 2.05) is 18.4 Å². The van der Waals surface area contributed by atoms with Crippen molar-refractivity contribution in [2.24, 2.45) is 4.99 Å². The Balaban J connectivity index is 0.00000341. The van der Waals surface area contributed by atoms with Crippen LogP contribution in [0.2, 0.25) is 0 Å². The van der Waals surface area contributed by atoms with Gasteiger partial charge in [0.05, 0.1) is 19.3 Å². The van der Waals surface area contributed by atoms with Crippen LogP contribution in [0, 0.1) is 0 Å². The largest absolute Gasteiger partial charge is 0.379 e. The van der Waals surface area contributed by atoms with Crippen molar-refractivity contribution < 1.29 is 4.74 Å². The van der Waals surface area contributed by atoms with Crippen molar-refractivity contribution in [1.29, 1.82) is 0 Å². The Labute approximate surface area is 208 Å². The molecule has 1 aliphatic rings. The van der Waals surface area contributed by atoms with Crippen molar-refractivity contribution in [3.05, 3.63) is 52.7 Å². The van der Waals surface area contributed by atoms with Crippen LogP contribution in [0.25, 0.3) is 0 Å². The molecular weight excluding hydrogens is 521 g/mol. The summed E-state index contributed by atoms with van der Waals surface area (Å²) in [6, 6.07) is 15.3. The highest BCUT2D eigenvalue weighted by Crippen LogP contribution is 2.25. The van der Waals surface area contributed by atoms with E-state index >= 15 is 0 Å². The molecule has 1 unspecified atom stereocenters. The molecule has 0 spiro atoms. The minimum atomic E-state index is 0. The highest BCUT2D eigenvalue weighted by molar-refractivity contribution is 14.0. The number of unbranched alkanes of at least 4 members (excludes halogenated alkanes) is 1. The molecule has 0 bridgehead atoms. The van der Waals surface area contributed by atoms with Gasteiger partial charge in [0.1, 0.15) is 0 Å². The van der Waals surface area contributed by atoms with Crippen molar-refractivity contribution in [1.82, 2.24) is 15.5 Å². The molecule has 1 aromatic heterocycles. The number of benzene rings is 1. The highest BCUT2D eigenvalue weighted by atomic mass is 127. The number of para-hydroxylation sites is 1. The summed E-state index contributed by atoms with van der Waals surface area (Å²) in [5.41, 5.74) is 1.27. The fourth-order valence-corrected chi connectivity index (χ4v) is 4.55. The molecule has 3 rings (SSSR count). The Morgan fingerprint density at radius 1 is 1.13 bits per heavy atom. The number of aliphatic imine (C=N–C) groups is 1. The van der Waals surface area contributed by atoms with Crippen molar-refractivity contribution in [3.63, 3.8) is 0 Å². The summed E-state index contributed by atoms with van der Waals surface area (Å²) in [5, 5.41) is 9.16. The van der Waals surface area contributed by atoms with Gasteiger partial charge in [-0.05, 0) is 36.4 Å². The van der Waals surface area contributed by atoms with Crippen molar-refractivity contribution >= 4 is 47.0 Å². The summed E-state index contributed by atoms with van der Waals surface area (Å²) in [6.45, 7) is 6.39. The number of nitrogens with zero attached hydrogens (tertiary/aromatic N) is 3. The highest BCUT2D eigenvalue weighted by Gasteiger charge is 2.23. The van der Waals surface area contributed by atoms with E-state index in [0.717, 1.165) is 64.7 Å². The number of anilines is 1. The molecule has 2 N–H and O–H groups in total. The third kappa shape index (κ3) is 8.59. The minimum Gasteiger partial charge on any atom is -0.379 e. The van der Waals surface area contributed by atoms with Gasteiger partial charge in [0.2, 0.25) is 0 Å². The fraction of sp³-hybridized carbons (Fsp3) is 0.522. The Bertz CT molecular complexity index is 738. The second-order valence-corrected chi connectivity index (χ2v) is 8.50. The summed E-state index contributed by atoms with van der Waals surface area (Å²) < 4.78 is 5.54. The molecule has 2 aromatic rings. The molecule has 0 saturated carbocycles. The molecule has 0 amide bonds. The van der Waals surface area contributed by atoms with Gasteiger partial charge in [0.25, 0.3) is 0 Å². The Morgan fingerprint density at radius 2 is 1.90 bits per heavy atom. The van der Waals surface area contributed by atoms with Crippen LogP contribution in [-0.2, 0) is 4.74 Å². The molecule has 8 heteroatoms. The molecule has 0 radical (unpaired) electrons. The Morgan fingerprint density at radius 3 is 2.58 bits per heavy atom. The lowest BCUT2D eigenvalue weighted by Gasteiger charge is -2.34. The summed E-state index contributed by atoms with van der Waals surface area (Å²) in [4.78, 5) is 10.6. The molecule has 2 heterocycles. The lowest BCUT2D eigenvalue weighted by Crippen LogP contribution is -2.46. The molecule has 1 aliphatic heterocycles. The van der Waals surface area contributed by atoms with Gasteiger partial charge >= 0.3 is 0 Å². The number of nitrogens with one attached hydrogen (secondary N) is 2. The van der Waals surface area contributed by atoms with Crippen LogP contribution in [0.4, 0.5) is 5.69 Å². The maximum absolute atomic E-state index is 5.54. The third-order valence-electron chi connectivity index (χ3n) is 5.45. The molecule has 0 aliphatic carbocycles. The van der Waals surface area contributed by atoms with E-state index in [-0.39, 0.29) is 24.0 Å². The summed E-state index contributed by atoms with van der Waals surface area (Å²) in [5.74, 6) is 0.876. The van der Waals surface area contributed by atoms with E-state index in [2.05, 4.69) is 80.3 Å². The first-order valence-electron chi connectivity index (χ1n) is 10.8. The first-order chi connectivity index (χ1) is 14.8. The number of halogens is 1. The SMILES string of the molecule is CN=C(NCCCCN(C)c1ccccc1)NCC(c1cccs1)N1CCOCC1.I. The normalized spacial score (nSPS) is 15.7. The first kappa shape index (κ1) is 25.9. The predicted octanol–water partition coefficient (Wildman–Crippen LogP) is 3.82. The van der Waals surface area contributed by atoms with Crippen LogP contribution >= 0.6 is 35.3 Å². The van der Waals surface area contributed by atoms with E-state index in [0.29, 0.717) is 6.04 Å². The zero-order valence-corrected chi connectivity index (χ0v) is 21.8. The van der Waals surface area contributed by atoms with Crippen LogP contribution in [0.15, 0.2) is 52.8 Å². The predicted molar refractivity (Wildman–Crippen MR) is 143 cm³/mol. The lowest BCUT2D eigenvalue weighted by molar-refractivity contribution is 0.0177. The van der Waals surface area contributed by atoms with Gasteiger partial charge in [-0.25, -0.2) is 0 Å². The quantitative estimate of drug-likeness (QED) is 0.202. The van der Waals surface area contributed by atoms with Gasteiger partial charge in [-0.1, -0.05) is 24.3 Å². The zero-order valence-electron chi connectivity index (χ0n) is 18.6. The number of ether oxygens (including phenoxy) is 1. The van der Waals surface area contributed by atoms with Crippen LogP contribution in [0.1, 0.15) is 23.8 Å². The van der Waals surface area contributed by atoms with Crippen LogP contribution in [-0.4, -0.2) is 70.9 Å². The number of guanidine groups is 1. The third-order valence-corrected chi connectivity index (χ3v) is 6.43. The first-order valence-corrected chi connectivity index (χ1v) is 11.7. The molecule has 1 saturated heterocycles. The van der Waals surface area contributed by atoms with Crippen LogP contribution < -0.4 is 15.5 Å². The molecule has 1 aromatic carbocycles. The second kappa shape index (κ2) is 14.7. The molecule has 6 nitrogen and oxygen atoms in total. The van der Waals surface area contributed by atoms with Crippen LogP contribution in [0.5, 0.6) is 0 Å². The van der Waals surface area contributed by atoms with Gasteiger partial charge in [-0.15, -0.1) is 35.3 Å². The Hall–Kier alpha value is -1.36. The smallest absolute Gasteiger partial charge is 0.191 e.